The Bertz CT molecular complexity index is 1410. The maximum absolute atomic E-state index is 13.0. The van der Waals surface area contributed by atoms with Crippen molar-refractivity contribution in [3.05, 3.63) is 35.9 Å². The normalized spacial score (nSPS) is 11.2. The fraction of sp³-hybridized carbons (Fsp3) is 0.639. The van der Waals surface area contributed by atoms with E-state index >= 15 is 0 Å². The smallest absolute Gasteiger partial charge is 0.475 e. The summed E-state index contributed by atoms with van der Waals surface area (Å²) in [5.41, 5.74) is 15.9. The van der Waals surface area contributed by atoms with Crippen molar-refractivity contribution in [2.24, 2.45) is 17.2 Å². The second kappa shape index (κ2) is 36.6. The molecule has 0 fully saturated rings. The van der Waals surface area contributed by atoms with Gasteiger partial charge in [0, 0.05) is 38.9 Å². The first-order chi connectivity index (χ1) is 30.7. The number of ether oxygens (including phenoxy) is 4. The number of carboxylic acid groups (broad SMARTS) is 3. The summed E-state index contributed by atoms with van der Waals surface area (Å²) in [7, 11) is 0. The number of amides is 4. The molecule has 0 aromatic heterocycles. The average Bonchev–Trinajstić information content (AvgIpc) is 3.22. The standard InChI is InChI=1S/C30H53N7O8.3C2HF3O2/c31-12-4-15-34-26(38)9-18-42-22-30(23-43-19-10-27(39)35-16-5-13-32,24-44-20-11-28(40)36-17-6-14-33)37-29(41)45-21-25-7-2-1-3-8-25;3*3-2(4,5)1(6)7/h1-3,7-8H,4-6,9-24,31-33H2,(H,34,38)(H,35,39)(H,36,40)(H,37,41);3*(H,6,7). The molecular weight excluding hydrogens is 925 g/mol. The summed E-state index contributed by atoms with van der Waals surface area (Å²) >= 11 is 0. The van der Waals surface area contributed by atoms with Gasteiger partial charge in [-0.2, -0.15) is 39.5 Å². The minimum Gasteiger partial charge on any atom is -0.475 e. The molecule has 0 spiro atoms. The quantitative estimate of drug-likeness (QED) is 0.0437. The van der Waals surface area contributed by atoms with E-state index in [-0.39, 0.29) is 83.2 Å². The molecule has 0 saturated heterocycles. The third kappa shape index (κ3) is 40.0. The Morgan fingerprint density at radius 1 is 0.515 bits per heavy atom. The van der Waals surface area contributed by atoms with Crippen molar-refractivity contribution in [2.75, 3.05) is 78.9 Å². The van der Waals surface area contributed by atoms with Crippen LogP contribution in [-0.2, 0) is 54.3 Å². The highest BCUT2D eigenvalue weighted by molar-refractivity contribution is 5.77. The van der Waals surface area contributed by atoms with Gasteiger partial charge in [0.15, 0.2) is 0 Å². The van der Waals surface area contributed by atoms with Gasteiger partial charge in [-0.25, -0.2) is 19.2 Å². The number of rotatable bonds is 27. The van der Waals surface area contributed by atoms with Gasteiger partial charge < -0.3 is 72.7 Å². The van der Waals surface area contributed by atoms with Crippen molar-refractivity contribution in [3.63, 3.8) is 0 Å². The molecule has 0 bridgehead atoms. The number of carboxylic acids is 3. The number of carbonyl (C=O) groups excluding carboxylic acids is 4. The number of benzene rings is 1. The molecule has 0 radical (unpaired) electrons. The Kier molecular flexibility index (Phi) is 35.9. The Labute approximate surface area is 371 Å². The zero-order chi connectivity index (χ0) is 51.2. The van der Waals surface area contributed by atoms with Crippen LogP contribution in [0.5, 0.6) is 0 Å². The second-order valence-corrected chi connectivity index (χ2v) is 12.8. The molecule has 382 valence electrons. The third-order valence-electron chi connectivity index (χ3n) is 6.97. The van der Waals surface area contributed by atoms with Gasteiger partial charge in [-0.15, -0.1) is 0 Å². The molecule has 0 saturated carbocycles. The van der Waals surface area contributed by atoms with E-state index in [0.717, 1.165) is 5.56 Å². The molecule has 1 rings (SSSR count). The lowest BCUT2D eigenvalue weighted by Crippen LogP contribution is -2.59. The molecule has 1 aromatic rings. The van der Waals surface area contributed by atoms with Crippen LogP contribution in [0.1, 0.15) is 44.1 Å². The lowest BCUT2D eigenvalue weighted by molar-refractivity contribution is -0.193. The lowest BCUT2D eigenvalue weighted by Gasteiger charge is -2.33. The van der Waals surface area contributed by atoms with Gasteiger partial charge in [-0.3, -0.25) is 14.4 Å². The van der Waals surface area contributed by atoms with E-state index in [1.165, 1.54) is 0 Å². The van der Waals surface area contributed by atoms with Gasteiger partial charge in [0.1, 0.15) is 12.1 Å². The largest absolute Gasteiger partial charge is 0.490 e. The minimum atomic E-state index is -5.08. The number of halogens is 9. The molecule has 0 heterocycles. The van der Waals surface area contributed by atoms with Crippen LogP contribution in [0.3, 0.4) is 0 Å². The summed E-state index contributed by atoms with van der Waals surface area (Å²) in [6.45, 7) is 2.71. The molecular formula is C36H56F9N7O14. The van der Waals surface area contributed by atoms with E-state index in [4.69, 9.17) is 65.9 Å². The number of alkyl carbamates (subject to hydrolysis) is 1. The molecule has 30 heteroatoms. The van der Waals surface area contributed by atoms with Gasteiger partial charge in [0.05, 0.1) is 39.6 Å². The zero-order valence-electron chi connectivity index (χ0n) is 35.3. The zero-order valence-corrected chi connectivity index (χ0v) is 35.3. The van der Waals surface area contributed by atoms with E-state index in [9.17, 15) is 58.7 Å². The summed E-state index contributed by atoms with van der Waals surface area (Å²) in [6, 6.07) is 9.18. The fourth-order valence-corrected chi connectivity index (χ4v) is 3.76. The van der Waals surface area contributed by atoms with Crippen molar-refractivity contribution in [1.29, 1.82) is 0 Å². The number of aliphatic carboxylic acids is 3. The van der Waals surface area contributed by atoms with E-state index in [1.807, 2.05) is 30.3 Å². The first-order valence-electron chi connectivity index (χ1n) is 19.2. The number of alkyl halides is 9. The fourth-order valence-electron chi connectivity index (χ4n) is 3.76. The molecule has 0 aliphatic carbocycles. The second-order valence-electron chi connectivity index (χ2n) is 12.8. The molecule has 0 unspecified atom stereocenters. The monoisotopic (exact) mass is 981 g/mol. The first kappa shape index (κ1) is 64.7. The van der Waals surface area contributed by atoms with Crippen LogP contribution in [0.15, 0.2) is 30.3 Å². The van der Waals surface area contributed by atoms with Gasteiger partial charge in [0.25, 0.3) is 0 Å². The van der Waals surface area contributed by atoms with Crippen molar-refractivity contribution >= 4 is 41.7 Å². The summed E-state index contributed by atoms with van der Waals surface area (Å²) in [4.78, 5) is 76.0. The van der Waals surface area contributed by atoms with Crippen LogP contribution >= 0.6 is 0 Å². The highest BCUT2D eigenvalue weighted by Gasteiger charge is 2.39. The van der Waals surface area contributed by atoms with E-state index in [1.54, 1.807) is 0 Å². The molecule has 66 heavy (non-hydrogen) atoms. The Hall–Kier alpha value is -5.56. The van der Waals surface area contributed by atoms with Gasteiger partial charge in [-0.1, -0.05) is 30.3 Å². The van der Waals surface area contributed by atoms with Crippen molar-refractivity contribution < 1.29 is 107 Å². The predicted molar refractivity (Wildman–Crippen MR) is 210 cm³/mol. The van der Waals surface area contributed by atoms with E-state index in [2.05, 4.69) is 21.3 Å². The third-order valence-corrected chi connectivity index (χ3v) is 6.97. The molecule has 0 atom stereocenters. The predicted octanol–water partition coefficient (Wildman–Crippen LogP) is 1.17. The molecule has 13 N–H and O–H groups in total. The summed E-state index contributed by atoms with van der Waals surface area (Å²) in [6.07, 6.45) is -13.7. The maximum Gasteiger partial charge on any atom is 0.490 e. The molecule has 1 aromatic carbocycles. The van der Waals surface area contributed by atoms with Crippen molar-refractivity contribution in [1.82, 2.24) is 21.3 Å². The molecule has 0 aliphatic heterocycles. The highest BCUT2D eigenvalue weighted by atomic mass is 19.4. The Morgan fingerprint density at radius 2 is 0.803 bits per heavy atom. The molecule has 0 aliphatic rings. The lowest BCUT2D eigenvalue weighted by atomic mass is 10.0. The number of carbonyl (C=O) groups is 7. The van der Waals surface area contributed by atoms with Crippen LogP contribution < -0.4 is 38.5 Å². The number of nitrogens with one attached hydrogen (secondary N) is 4. The van der Waals surface area contributed by atoms with Gasteiger partial charge in [0.2, 0.25) is 17.7 Å². The SMILES string of the molecule is NCCCNC(=O)CCOCC(COCCC(=O)NCCCN)(COCCC(=O)NCCCN)NC(=O)OCc1ccccc1.O=C(O)C(F)(F)F.O=C(O)C(F)(F)F.O=C(O)C(F)(F)F. The van der Waals surface area contributed by atoms with Crippen molar-refractivity contribution in [3.8, 4) is 0 Å². The van der Waals surface area contributed by atoms with Crippen LogP contribution in [0.2, 0.25) is 0 Å². The highest BCUT2D eigenvalue weighted by Crippen LogP contribution is 2.15. The maximum atomic E-state index is 13.0. The van der Waals surface area contributed by atoms with Crippen LogP contribution in [0.25, 0.3) is 0 Å². The number of hydrogen-bond acceptors (Lipinski definition) is 14. The topological polar surface area (TPSA) is 343 Å². The Morgan fingerprint density at radius 3 is 1.06 bits per heavy atom. The number of hydrogen-bond donors (Lipinski definition) is 10. The minimum absolute atomic E-state index is 0.0280. The van der Waals surface area contributed by atoms with Gasteiger partial charge >= 0.3 is 42.5 Å². The average molecular weight is 982 g/mol. The van der Waals surface area contributed by atoms with Crippen LogP contribution in [0.4, 0.5) is 44.3 Å². The van der Waals surface area contributed by atoms with Crippen LogP contribution in [-0.4, -0.2) is 160 Å². The van der Waals surface area contributed by atoms with Gasteiger partial charge in [-0.05, 0) is 44.5 Å². The Balaban J connectivity index is -0.00000154. The summed E-state index contributed by atoms with van der Waals surface area (Å²) in [5, 5.41) is 32.5. The number of nitrogens with two attached hydrogens (primary N) is 3. The van der Waals surface area contributed by atoms with Crippen LogP contribution in [0, 0.1) is 0 Å². The molecule has 21 nitrogen and oxygen atoms in total. The van der Waals surface area contributed by atoms with E-state index in [0.29, 0.717) is 58.5 Å². The van der Waals surface area contributed by atoms with E-state index < -0.39 is 48.1 Å². The summed E-state index contributed by atoms with van der Waals surface area (Å²) < 4.78 is 118. The summed E-state index contributed by atoms with van der Waals surface area (Å²) in [5.74, 6) is -8.86. The van der Waals surface area contributed by atoms with Crippen molar-refractivity contribution in [2.45, 2.75) is 69.2 Å². The first-order valence-corrected chi connectivity index (χ1v) is 19.2. The molecule has 4 amide bonds.